The van der Waals surface area contributed by atoms with E-state index in [0.717, 1.165) is 21.9 Å². The zero-order valence-electron chi connectivity index (χ0n) is 15.1. The van der Waals surface area contributed by atoms with Crippen LogP contribution in [0.3, 0.4) is 0 Å². The lowest BCUT2D eigenvalue weighted by molar-refractivity contribution is 0.0954. The van der Waals surface area contributed by atoms with Crippen LogP contribution in [0.25, 0.3) is 5.69 Å². The molecule has 28 heavy (non-hydrogen) atoms. The topological polar surface area (TPSA) is 129 Å². The van der Waals surface area contributed by atoms with Crippen LogP contribution in [-0.2, 0) is 0 Å². The van der Waals surface area contributed by atoms with E-state index in [9.17, 15) is 19.5 Å². The van der Waals surface area contributed by atoms with Crippen molar-refractivity contribution in [3.63, 3.8) is 0 Å². The van der Waals surface area contributed by atoms with Gasteiger partial charge in [-0.3, -0.25) is 19.6 Å². The van der Waals surface area contributed by atoms with Crippen LogP contribution in [0.1, 0.15) is 27.0 Å². The Labute approximate surface area is 159 Å². The number of benzene rings is 1. The number of hydrogen-bond donors (Lipinski definition) is 3. The summed E-state index contributed by atoms with van der Waals surface area (Å²) in [6, 6.07) is 8.38. The number of aromatic hydroxyl groups is 1. The van der Waals surface area contributed by atoms with Crippen molar-refractivity contribution in [2.75, 3.05) is 0 Å². The van der Waals surface area contributed by atoms with Crippen LogP contribution in [0.15, 0.2) is 57.4 Å². The summed E-state index contributed by atoms with van der Waals surface area (Å²) in [6.45, 7) is 3.66. The SMILES string of the molecule is Cc1cccc(-n2c(O)c(C=NNC(=O)c3cccnc3)c(=O)[nH]c2=O)c1C. The second-order valence-corrected chi connectivity index (χ2v) is 5.99. The maximum absolute atomic E-state index is 12.3. The first-order valence-corrected chi connectivity index (χ1v) is 8.28. The summed E-state index contributed by atoms with van der Waals surface area (Å²) in [5.41, 5.74) is 2.72. The van der Waals surface area contributed by atoms with Gasteiger partial charge < -0.3 is 5.11 Å². The van der Waals surface area contributed by atoms with E-state index >= 15 is 0 Å². The van der Waals surface area contributed by atoms with Gasteiger partial charge in [-0.2, -0.15) is 5.10 Å². The van der Waals surface area contributed by atoms with Gasteiger partial charge in [0, 0.05) is 12.4 Å². The van der Waals surface area contributed by atoms with Gasteiger partial charge in [-0.05, 0) is 43.2 Å². The quantitative estimate of drug-likeness (QED) is 0.460. The lowest BCUT2D eigenvalue weighted by atomic mass is 10.1. The molecule has 3 N–H and O–H groups in total. The Morgan fingerprint density at radius 3 is 2.75 bits per heavy atom. The van der Waals surface area contributed by atoms with Crippen LogP contribution in [0.2, 0.25) is 0 Å². The van der Waals surface area contributed by atoms with Crippen molar-refractivity contribution in [1.82, 2.24) is 20.0 Å². The Morgan fingerprint density at radius 1 is 1.25 bits per heavy atom. The van der Waals surface area contributed by atoms with Gasteiger partial charge in [-0.1, -0.05) is 12.1 Å². The minimum absolute atomic E-state index is 0.271. The van der Waals surface area contributed by atoms with Crippen LogP contribution in [-0.4, -0.2) is 31.8 Å². The fraction of sp³-hybridized carbons (Fsp3) is 0.105. The zero-order valence-corrected chi connectivity index (χ0v) is 15.1. The van der Waals surface area contributed by atoms with E-state index in [1.165, 1.54) is 12.4 Å². The van der Waals surface area contributed by atoms with Crippen molar-refractivity contribution in [2.24, 2.45) is 5.10 Å². The van der Waals surface area contributed by atoms with Gasteiger partial charge in [0.25, 0.3) is 11.5 Å². The number of carbonyl (C=O) groups is 1. The van der Waals surface area contributed by atoms with Crippen LogP contribution in [0, 0.1) is 13.8 Å². The first-order valence-electron chi connectivity index (χ1n) is 8.28. The largest absolute Gasteiger partial charge is 0.493 e. The minimum Gasteiger partial charge on any atom is -0.493 e. The summed E-state index contributed by atoms with van der Waals surface area (Å²) in [4.78, 5) is 42.3. The normalized spacial score (nSPS) is 10.9. The molecule has 0 aliphatic carbocycles. The number of pyridine rings is 1. The number of rotatable bonds is 4. The molecule has 0 radical (unpaired) electrons. The van der Waals surface area contributed by atoms with Crippen LogP contribution in [0.5, 0.6) is 5.88 Å². The molecule has 0 saturated carbocycles. The Balaban J connectivity index is 1.99. The smallest absolute Gasteiger partial charge is 0.335 e. The maximum atomic E-state index is 12.3. The Morgan fingerprint density at radius 2 is 2.04 bits per heavy atom. The summed E-state index contributed by atoms with van der Waals surface area (Å²) in [7, 11) is 0. The number of amides is 1. The van der Waals surface area contributed by atoms with Crippen molar-refractivity contribution < 1.29 is 9.90 Å². The number of aromatic amines is 1. The van der Waals surface area contributed by atoms with Gasteiger partial charge in [0.15, 0.2) is 0 Å². The number of aryl methyl sites for hydroxylation is 1. The highest BCUT2D eigenvalue weighted by molar-refractivity contribution is 5.94. The molecule has 9 nitrogen and oxygen atoms in total. The predicted molar refractivity (Wildman–Crippen MR) is 103 cm³/mol. The summed E-state index contributed by atoms with van der Waals surface area (Å²) in [5.74, 6) is -1.12. The second-order valence-electron chi connectivity index (χ2n) is 5.99. The van der Waals surface area contributed by atoms with E-state index in [4.69, 9.17) is 0 Å². The average molecular weight is 379 g/mol. The van der Waals surface area contributed by atoms with E-state index in [0.29, 0.717) is 5.69 Å². The number of nitrogens with zero attached hydrogens (tertiary/aromatic N) is 3. The molecule has 1 amide bonds. The Kier molecular flexibility index (Phi) is 5.16. The Hall–Kier alpha value is -4.01. The van der Waals surface area contributed by atoms with E-state index in [-0.39, 0.29) is 11.1 Å². The van der Waals surface area contributed by atoms with E-state index in [1.54, 1.807) is 31.2 Å². The molecule has 2 heterocycles. The third-order valence-corrected chi connectivity index (χ3v) is 4.22. The molecule has 1 aromatic carbocycles. The number of nitrogens with one attached hydrogen (secondary N) is 2. The van der Waals surface area contributed by atoms with Gasteiger partial charge in [-0.15, -0.1) is 0 Å². The van der Waals surface area contributed by atoms with E-state index < -0.39 is 23.0 Å². The molecule has 0 spiro atoms. The van der Waals surface area contributed by atoms with Gasteiger partial charge >= 0.3 is 5.69 Å². The highest BCUT2D eigenvalue weighted by atomic mass is 16.3. The molecular formula is C19H17N5O4. The summed E-state index contributed by atoms with van der Waals surface area (Å²) < 4.78 is 0.980. The standard InChI is InChI=1S/C19H17N5O4/c1-11-5-3-7-15(12(11)2)24-18(27)14(17(26)22-19(24)28)10-21-23-16(25)13-6-4-8-20-9-13/h3-10,27H,1-2H3,(H,23,25)(H,22,26,28). The molecule has 0 unspecified atom stereocenters. The number of H-pyrrole nitrogens is 1. The number of aromatic nitrogens is 3. The van der Waals surface area contributed by atoms with Crippen molar-refractivity contribution in [3.8, 4) is 11.6 Å². The number of hydrazone groups is 1. The molecule has 3 aromatic rings. The first kappa shape index (κ1) is 18.8. The first-order chi connectivity index (χ1) is 13.4. The van der Waals surface area contributed by atoms with Crippen LogP contribution < -0.4 is 16.7 Å². The molecule has 9 heteroatoms. The minimum atomic E-state index is -0.830. The van der Waals surface area contributed by atoms with Gasteiger partial charge in [0.2, 0.25) is 5.88 Å². The average Bonchev–Trinajstić information content (AvgIpc) is 2.68. The summed E-state index contributed by atoms with van der Waals surface area (Å²) in [6.07, 6.45) is 3.85. The molecular weight excluding hydrogens is 362 g/mol. The summed E-state index contributed by atoms with van der Waals surface area (Å²) >= 11 is 0. The van der Waals surface area contributed by atoms with Crippen molar-refractivity contribution in [2.45, 2.75) is 13.8 Å². The lowest BCUT2D eigenvalue weighted by Gasteiger charge is -2.13. The fourth-order valence-electron chi connectivity index (χ4n) is 2.57. The molecule has 142 valence electrons. The van der Waals surface area contributed by atoms with Crippen molar-refractivity contribution >= 4 is 12.1 Å². The van der Waals surface area contributed by atoms with Gasteiger partial charge in [0.1, 0.15) is 5.56 Å². The molecule has 0 bridgehead atoms. The maximum Gasteiger partial charge on any atom is 0.335 e. The third-order valence-electron chi connectivity index (χ3n) is 4.22. The van der Waals surface area contributed by atoms with Gasteiger partial charge in [0.05, 0.1) is 17.5 Å². The second kappa shape index (κ2) is 7.70. The number of hydrogen-bond acceptors (Lipinski definition) is 6. The molecule has 3 rings (SSSR count). The monoisotopic (exact) mass is 379 g/mol. The predicted octanol–water partition coefficient (Wildman–Crippen LogP) is 1.01. The lowest BCUT2D eigenvalue weighted by Crippen LogP contribution is -2.32. The van der Waals surface area contributed by atoms with Crippen LogP contribution >= 0.6 is 0 Å². The van der Waals surface area contributed by atoms with Crippen molar-refractivity contribution in [3.05, 3.63) is 85.8 Å². The molecule has 0 saturated heterocycles. The fourth-order valence-corrected chi connectivity index (χ4v) is 2.57. The molecule has 0 aliphatic heterocycles. The highest BCUT2D eigenvalue weighted by Gasteiger charge is 2.16. The van der Waals surface area contributed by atoms with Crippen LogP contribution in [0.4, 0.5) is 0 Å². The third kappa shape index (κ3) is 3.58. The van der Waals surface area contributed by atoms with Crippen molar-refractivity contribution in [1.29, 1.82) is 0 Å². The Bertz CT molecular complexity index is 1180. The van der Waals surface area contributed by atoms with E-state index in [2.05, 4.69) is 20.5 Å². The molecule has 0 aliphatic rings. The van der Waals surface area contributed by atoms with Gasteiger partial charge in [-0.25, -0.2) is 14.8 Å². The highest BCUT2D eigenvalue weighted by Crippen LogP contribution is 2.20. The molecule has 2 aromatic heterocycles. The summed E-state index contributed by atoms with van der Waals surface area (Å²) in [5, 5.41) is 14.2. The molecule has 0 atom stereocenters. The number of carbonyl (C=O) groups excluding carboxylic acids is 1. The van der Waals surface area contributed by atoms with E-state index in [1.807, 2.05) is 13.0 Å². The zero-order chi connectivity index (χ0) is 20.3. The molecule has 0 fully saturated rings.